The van der Waals surface area contributed by atoms with Crippen LogP contribution in [0.3, 0.4) is 0 Å². The van der Waals surface area contributed by atoms with Crippen LogP contribution in [0.15, 0.2) is 18.2 Å². The highest BCUT2D eigenvalue weighted by Gasteiger charge is 2.27. The first-order valence-electron chi connectivity index (χ1n) is 5.83. The van der Waals surface area contributed by atoms with E-state index >= 15 is 0 Å². The molecule has 2 rings (SSSR count). The van der Waals surface area contributed by atoms with Gasteiger partial charge in [-0.2, -0.15) is 13.2 Å². The molecule has 0 aliphatic carbocycles. The summed E-state index contributed by atoms with van der Waals surface area (Å²) < 4.78 is 54.5. The van der Waals surface area contributed by atoms with Crippen molar-refractivity contribution in [1.82, 2.24) is 20.2 Å². The van der Waals surface area contributed by atoms with Gasteiger partial charge in [0.25, 0.3) is 0 Å². The molecule has 2 N–H and O–H groups in total. The average molecular weight is 305 g/mol. The number of anilines is 1. The molecule has 0 atom stereocenters. The van der Waals surface area contributed by atoms with Crippen molar-refractivity contribution in [1.29, 1.82) is 0 Å². The Morgan fingerprint density at radius 3 is 2.71 bits per heavy atom. The molecule has 0 amide bonds. The molecular weight excluding hydrogens is 294 g/mol. The monoisotopic (exact) mass is 305 g/mol. The average Bonchev–Trinajstić information content (AvgIpc) is 2.82. The van der Waals surface area contributed by atoms with Crippen LogP contribution < -0.4 is 5.73 Å². The zero-order valence-corrected chi connectivity index (χ0v) is 10.6. The van der Waals surface area contributed by atoms with Crippen LogP contribution in [0, 0.1) is 5.82 Å². The SMILES string of the molecule is Nc1cc(F)ccc1-c1nnnn1CCOCC(F)(F)F. The van der Waals surface area contributed by atoms with Crippen LogP contribution in [0.2, 0.25) is 0 Å². The van der Waals surface area contributed by atoms with E-state index in [1.807, 2.05) is 0 Å². The van der Waals surface area contributed by atoms with Crippen molar-refractivity contribution in [3.8, 4) is 11.4 Å². The smallest absolute Gasteiger partial charge is 0.398 e. The van der Waals surface area contributed by atoms with Crippen molar-refractivity contribution in [2.75, 3.05) is 18.9 Å². The Bertz CT molecular complexity index is 613. The molecule has 0 saturated carbocycles. The van der Waals surface area contributed by atoms with Crippen molar-refractivity contribution in [3.63, 3.8) is 0 Å². The largest absolute Gasteiger partial charge is 0.411 e. The van der Waals surface area contributed by atoms with Crippen LogP contribution in [0.1, 0.15) is 0 Å². The fraction of sp³-hybridized carbons (Fsp3) is 0.364. The second-order valence-corrected chi connectivity index (χ2v) is 4.12. The van der Waals surface area contributed by atoms with E-state index in [1.165, 1.54) is 16.8 Å². The van der Waals surface area contributed by atoms with Crippen LogP contribution in [0.4, 0.5) is 23.2 Å². The second kappa shape index (κ2) is 6.04. The van der Waals surface area contributed by atoms with E-state index in [0.717, 1.165) is 6.07 Å². The van der Waals surface area contributed by atoms with E-state index in [-0.39, 0.29) is 24.7 Å². The van der Waals surface area contributed by atoms with Crippen LogP contribution in [-0.2, 0) is 11.3 Å². The van der Waals surface area contributed by atoms with Gasteiger partial charge >= 0.3 is 6.18 Å². The molecule has 2 aromatic rings. The highest BCUT2D eigenvalue weighted by atomic mass is 19.4. The first-order valence-corrected chi connectivity index (χ1v) is 5.83. The van der Waals surface area contributed by atoms with Crippen molar-refractivity contribution in [3.05, 3.63) is 24.0 Å². The Kier molecular flexibility index (Phi) is 4.36. The van der Waals surface area contributed by atoms with Gasteiger partial charge in [0, 0.05) is 11.3 Å². The number of ether oxygens (including phenoxy) is 1. The molecule has 0 saturated heterocycles. The summed E-state index contributed by atoms with van der Waals surface area (Å²) >= 11 is 0. The molecule has 0 aliphatic rings. The van der Waals surface area contributed by atoms with E-state index < -0.39 is 18.6 Å². The minimum Gasteiger partial charge on any atom is -0.398 e. The van der Waals surface area contributed by atoms with Crippen LogP contribution in [-0.4, -0.2) is 39.6 Å². The topological polar surface area (TPSA) is 78.9 Å². The summed E-state index contributed by atoms with van der Waals surface area (Å²) in [6.07, 6.45) is -4.38. The quantitative estimate of drug-likeness (QED) is 0.516. The number of alkyl halides is 3. The predicted molar refractivity (Wildman–Crippen MR) is 64.5 cm³/mol. The minimum atomic E-state index is -4.38. The number of halogens is 4. The van der Waals surface area contributed by atoms with Gasteiger partial charge in [0.1, 0.15) is 12.4 Å². The molecule has 0 unspecified atom stereocenters. The summed E-state index contributed by atoms with van der Waals surface area (Å²) in [5.74, 6) is -0.285. The molecule has 1 aromatic heterocycles. The Morgan fingerprint density at radius 2 is 2.05 bits per heavy atom. The molecule has 0 aliphatic heterocycles. The third-order valence-electron chi connectivity index (χ3n) is 2.50. The standard InChI is InChI=1S/C11H11F4N5O/c12-7-1-2-8(9(16)5-7)10-17-18-19-20(10)3-4-21-6-11(13,14)15/h1-2,5H,3-4,6,16H2. The van der Waals surface area contributed by atoms with Crippen molar-refractivity contribution < 1.29 is 22.3 Å². The molecule has 0 radical (unpaired) electrons. The highest BCUT2D eigenvalue weighted by molar-refractivity contribution is 5.71. The Labute approximate surface area is 116 Å². The lowest BCUT2D eigenvalue weighted by Crippen LogP contribution is -2.19. The minimum absolute atomic E-state index is 0.00916. The molecule has 0 spiro atoms. The maximum atomic E-state index is 13.0. The fourth-order valence-electron chi connectivity index (χ4n) is 1.62. The molecule has 0 fully saturated rings. The maximum Gasteiger partial charge on any atom is 0.411 e. The fourth-order valence-corrected chi connectivity index (χ4v) is 1.62. The number of tetrazole rings is 1. The molecule has 10 heteroatoms. The van der Waals surface area contributed by atoms with Gasteiger partial charge in [-0.25, -0.2) is 9.07 Å². The van der Waals surface area contributed by atoms with Crippen LogP contribution >= 0.6 is 0 Å². The van der Waals surface area contributed by atoms with Crippen molar-refractivity contribution in [2.24, 2.45) is 0 Å². The van der Waals surface area contributed by atoms with Gasteiger partial charge in [-0.1, -0.05) is 0 Å². The molecule has 1 heterocycles. The summed E-state index contributed by atoms with van der Waals surface area (Å²) in [6.45, 7) is -1.56. The number of benzene rings is 1. The Hall–Kier alpha value is -2.23. The zero-order chi connectivity index (χ0) is 15.5. The Balaban J connectivity index is 2.05. The summed E-state index contributed by atoms with van der Waals surface area (Å²) in [5, 5.41) is 10.8. The summed E-state index contributed by atoms with van der Waals surface area (Å²) in [4.78, 5) is 0. The second-order valence-electron chi connectivity index (χ2n) is 4.12. The van der Waals surface area contributed by atoms with Gasteiger partial charge in [0.15, 0.2) is 5.82 Å². The lowest BCUT2D eigenvalue weighted by Gasteiger charge is -2.09. The van der Waals surface area contributed by atoms with E-state index in [1.54, 1.807) is 0 Å². The van der Waals surface area contributed by atoms with E-state index in [4.69, 9.17) is 5.73 Å². The van der Waals surface area contributed by atoms with E-state index in [0.29, 0.717) is 5.56 Å². The highest BCUT2D eigenvalue weighted by Crippen LogP contribution is 2.24. The van der Waals surface area contributed by atoms with Gasteiger partial charge < -0.3 is 10.5 Å². The summed E-state index contributed by atoms with van der Waals surface area (Å²) in [6, 6.07) is 3.68. The van der Waals surface area contributed by atoms with Gasteiger partial charge in [0.2, 0.25) is 0 Å². The lowest BCUT2D eigenvalue weighted by molar-refractivity contribution is -0.174. The molecule has 114 valence electrons. The number of rotatable bonds is 5. The molecule has 6 nitrogen and oxygen atoms in total. The molecule has 0 bridgehead atoms. The normalized spacial score (nSPS) is 11.8. The molecular formula is C11H11F4N5O. The first-order chi connectivity index (χ1) is 9.87. The summed E-state index contributed by atoms with van der Waals surface area (Å²) in [7, 11) is 0. The number of nitrogens with zero attached hydrogens (tertiary/aromatic N) is 4. The third-order valence-corrected chi connectivity index (χ3v) is 2.50. The molecule has 21 heavy (non-hydrogen) atoms. The van der Waals surface area contributed by atoms with Crippen LogP contribution in [0.25, 0.3) is 11.4 Å². The number of nitrogen functional groups attached to an aromatic ring is 1. The summed E-state index contributed by atoms with van der Waals surface area (Å²) in [5.41, 5.74) is 6.18. The number of nitrogens with two attached hydrogens (primary N) is 1. The number of hydrogen-bond donors (Lipinski definition) is 1. The van der Waals surface area contributed by atoms with Crippen LogP contribution in [0.5, 0.6) is 0 Å². The number of hydrogen-bond acceptors (Lipinski definition) is 5. The zero-order valence-electron chi connectivity index (χ0n) is 10.6. The van der Waals surface area contributed by atoms with Crippen molar-refractivity contribution >= 4 is 5.69 Å². The number of aromatic nitrogens is 4. The molecule has 1 aromatic carbocycles. The first kappa shape index (κ1) is 15.2. The van der Waals surface area contributed by atoms with Gasteiger partial charge in [-0.15, -0.1) is 5.10 Å². The van der Waals surface area contributed by atoms with Crippen molar-refractivity contribution in [2.45, 2.75) is 12.7 Å². The third kappa shape index (κ3) is 4.12. The van der Waals surface area contributed by atoms with Gasteiger partial charge in [-0.3, -0.25) is 0 Å². The van der Waals surface area contributed by atoms with E-state index in [2.05, 4.69) is 20.3 Å². The van der Waals surface area contributed by atoms with Gasteiger partial charge in [-0.05, 0) is 28.6 Å². The van der Waals surface area contributed by atoms with E-state index in [9.17, 15) is 17.6 Å². The lowest BCUT2D eigenvalue weighted by atomic mass is 10.1. The Morgan fingerprint density at radius 1 is 1.29 bits per heavy atom. The van der Waals surface area contributed by atoms with Gasteiger partial charge in [0.05, 0.1) is 13.2 Å². The predicted octanol–water partition coefficient (Wildman–Crippen LogP) is 1.64. The maximum absolute atomic E-state index is 13.0.